The summed E-state index contributed by atoms with van der Waals surface area (Å²) in [7, 11) is 0. The fourth-order valence-corrected chi connectivity index (χ4v) is 2.25. The highest BCUT2D eigenvalue weighted by atomic mass is 16.8. The molecular weight excluding hydrogens is 176 g/mol. The molecule has 3 saturated heterocycles. The Labute approximate surface area is 72.9 Å². The number of epoxide rings is 1. The number of ether oxygens (including phenoxy) is 2. The van der Waals surface area contributed by atoms with E-state index in [9.17, 15) is 9.59 Å². The van der Waals surface area contributed by atoms with Crippen molar-refractivity contribution in [3.05, 3.63) is 5.57 Å². The van der Waals surface area contributed by atoms with Gasteiger partial charge in [-0.15, -0.1) is 0 Å². The van der Waals surface area contributed by atoms with Gasteiger partial charge in [-0.1, -0.05) is 0 Å². The quantitative estimate of drug-likeness (QED) is 0.436. The van der Waals surface area contributed by atoms with Gasteiger partial charge in [0.1, 0.15) is 17.6 Å². The summed E-state index contributed by atoms with van der Waals surface area (Å²) in [6, 6.07) is 0. The molecule has 1 N–H and O–H groups in total. The SMILES string of the molecule is O=C=C1C2(C(=O)O)CCC3OC13O2. The molecule has 1 spiro atoms. The maximum absolute atomic E-state index is 10.9. The lowest BCUT2D eigenvalue weighted by Crippen LogP contribution is -2.64. The van der Waals surface area contributed by atoms with Crippen LogP contribution >= 0.6 is 0 Å². The van der Waals surface area contributed by atoms with Crippen LogP contribution in [0.3, 0.4) is 0 Å². The molecule has 1 aliphatic carbocycles. The predicted molar refractivity (Wildman–Crippen MR) is 37.5 cm³/mol. The number of hydrogen-bond donors (Lipinski definition) is 1. The van der Waals surface area contributed by atoms with E-state index < -0.39 is 17.4 Å². The highest BCUT2D eigenvalue weighted by Gasteiger charge is 2.82. The van der Waals surface area contributed by atoms with Gasteiger partial charge in [0, 0.05) is 0 Å². The van der Waals surface area contributed by atoms with Crippen LogP contribution in [0.25, 0.3) is 0 Å². The van der Waals surface area contributed by atoms with Crippen LogP contribution in [0, 0.1) is 0 Å². The standard InChI is InChI=1S/C8H6O5/c9-3-4-7(6(10)11)2-1-5-8(4,12-5)13-7/h5H,1-2H2,(H,10,11). The summed E-state index contributed by atoms with van der Waals surface area (Å²) in [5, 5.41) is 8.89. The Hall–Kier alpha value is -1.16. The molecule has 68 valence electrons. The third-order valence-corrected chi connectivity index (χ3v) is 2.97. The van der Waals surface area contributed by atoms with E-state index in [4.69, 9.17) is 14.6 Å². The fourth-order valence-electron chi connectivity index (χ4n) is 2.25. The van der Waals surface area contributed by atoms with Crippen LogP contribution < -0.4 is 0 Å². The summed E-state index contributed by atoms with van der Waals surface area (Å²) in [5.74, 6) is -0.464. The van der Waals surface area contributed by atoms with Gasteiger partial charge in [-0.05, 0) is 12.8 Å². The number of carboxylic acids is 1. The average Bonchev–Trinajstić information content (AvgIpc) is 2.78. The largest absolute Gasteiger partial charge is 0.479 e. The highest BCUT2D eigenvalue weighted by Crippen LogP contribution is 2.65. The second-order valence-electron chi connectivity index (χ2n) is 3.52. The van der Waals surface area contributed by atoms with E-state index in [1.807, 2.05) is 0 Å². The Morgan fingerprint density at radius 2 is 2.46 bits per heavy atom. The first kappa shape index (κ1) is 7.26. The van der Waals surface area contributed by atoms with E-state index in [1.54, 1.807) is 5.94 Å². The lowest BCUT2D eigenvalue weighted by Gasteiger charge is -2.46. The highest BCUT2D eigenvalue weighted by molar-refractivity contribution is 5.90. The first-order valence-corrected chi connectivity index (χ1v) is 4.03. The zero-order valence-corrected chi connectivity index (χ0v) is 6.57. The van der Waals surface area contributed by atoms with Crippen LogP contribution in [0.15, 0.2) is 5.57 Å². The van der Waals surface area contributed by atoms with Gasteiger partial charge in [0.25, 0.3) is 0 Å². The Bertz CT molecular complexity index is 369. The van der Waals surface area contributed by atoms with Gasteiger partial charge in [-0.3, -0.25) is 0 Å². The van der Waals surface area contributed by atoms with Gasteiger partial charge in [0.15, 0.2) is 0 Å². The smallest absolute Gasteiger partial charge is 0.341 e. The van der Waals surface area contributed by atoms with Crippen molar-refractivity contribution in [1.82, 2.24) is 0 Å². The molecule has 0 aromatic carbocycles. The average molecular weight is 182 g/mol. The molecular formula is C8H6O5. The van der Waals surface area contributed by atoms with E-state index in [1.165, 1.54) is 0 Å². The molecule has 0 aromatic heterocycles. The van der Waals surface area contributed by atoms with Gasteiger partial charge in [0.2, 0.25) is 11.4 Å². The molecule has 0 aromatic rings. The molecule has 13 heavy (non-hydrogen) atoms. The van der Waals surface area contributed by atoms with Crippen molar-refractivity contribution in [1.29, 1.82) is 0 Å². The number of aliphatic carboxylic acids is 1. The van der Waals surface area contributed by atoms with Crippen LogP contribution in [0.5, 0.6) is 0 Å². The summed E-state index contributed by atoms with van der Waals surface area (Å²) in [5.41, 5.74) is -1.29. The zero-order valence-electron chi connectivity index (χ0n) is 6.57. The van der Waals surface area contributed by atoms with Crippen LogP contribution in [0.1, 0.15) is 12.8 Å². The monoisotopic (exact) mass is 182 g/mol. The molecule has 3 atom stereocenters. The van der Waals surface area contributed by atoms with Gasteiger partial charge in [-0.2, -0.15) is 0 Å². The number of rotatable bonds is 1. The van der Waals surface area contributed by atoms with Gasteiger partial charge >= 0.3 is 5.97 Å². The minimum Gasteiger partial charge on any atom is -0.479 e. The first-order valence-electron chi connectivity index (χ1n) is 4.03. The minimum absolute atomic E-state index is 0.120. The van der Waals surface area contributed by atoms with Crippen molar-refractivity contribution in [3.8, 4) is 0 Å². The Balaban J connectivity index is 2.10. The summed E-state index contributed by atoms with van der Waals surface area (Å²) in [4.78, 5) is 21.4. The molecule has 4 aliphatic rings. The lowest BCUT2D eigenvalue weighted by molar-refractivity contribution is -0.225. The van der Waals surface area contributed by atoms with Crippen molar-refractivity contribution in [2.45, 2.75) is 30.3 Å². The second kappa shape index (κ2) is 1.70. The minimum atomic E-state index is -1.42. The van der Waals surface area contributed by atoms with E-state index in [2.05, 4.69) is 0 Å². The normalized spacial score (nSPS) is 50.2. The molecule has 1 saturated carbocycles. The van der Waals surface area contributed by atoms with Crippen LogP contribution in [-0.4, -0.2) is 34.5 Å². The second-order valence-corrected chi connectivity index (χ2v) is 3.52. The molecule has 4 fully saturated rings. The van der Waals surface area contributed by atoms with Crippen LogP contribution in [0.4, 0.5) is 0 Å². The molecule has 3 aliphatic heterocycles. The molecule has 4 rings (SSSR count). The Kier molecular flexibility index (Phi) is 0.950. The Morgan fingerprint density at radius 1 is 1.69 bits per heavy atom. The van der Waals surface area contributed by atoms with Crippen LogP contribution in [-0.2, 0) is 19.1 Å². The van der Waals surface area contributed by atoms with E-state index in [0.29, 0.717) is 12.8 Å². The van der Waals surface area contributed by atoms with E-state index in [0.717, 1.165) is 0 Å². The molecule has 0 amide bonds. The molecule has 2 bridgehead atoms. The zero-order chi connectivity index (χ0) is 9.27. The summed E-state index contributed by atoms with van der Waals surface area (Å²) < 4.78 is 10.3. The van der Waals surface area contributed by atoms with Crippen molar-refractivity contribution in [2.75, 3.05) is 0 Å². The third-order valence-electron chi connectivity index (χ3n) is 2.97. The number of hydrogen-bond acceptors (Lipinski definition) is 4. The third kappa shape index (κ3) is 0.534. The number of carbonyl (C=O) groups excluding carboxylic acids is 1. The molecule has 3 unspecified atom stereocenters. The number of fused-ring (bicyclic) bond motifs is 1. The lowest BCUT2D eigenvalue weighted by atomic mass is 9.73. The van der Waals surface area contributed by atoms with E-state index >= 15 is 0 Å². The topological polar surface area (TPSA) is 76.1 Å². The predicted octanol–water partition coefficient (Wildman–Crippen LogP) is -0.513. The summed E-state index contributed by atoms with van der Waals surface area (Å²) >= 11 is 0. The molecule has 3 heterocycles. The number of carbonyl (C=O) groups is 1. The molecule has 5 heteroatoms. The van der Waals surface area contributed by atoms with Crippen LogP contribution in [0.2, 0.25) is 0 Å². The summed E-state index contributed by atoms with van der Waals surface area (Å²) in [6.45, 7) is 0. The van der Waals surface area contributed by atoms with Gasteiger partial charge in [-0.25, -0.2) is 9.59 Å². The number of carboxylic acid groups (broad SMARTS) is 1. The maximum atomic E-state index is 10.9. The molecule has 5 nitrogen and oxygen atoms in total. The summed E-state index contributed by atoms with van der Waals surface area (Å²) in [6.07, 6.45) is 0.821. The van der Waals surface area contributed by atoms with Gasteiger partial charge in [0.05, 0.1) is 0 Å². The Morgan fingerprint density at radius 3 is 3.08 bits per heavy atom. The van der Waals surface area contributed by atoms with Crippen molar-refractivity contribution < 1.29 is 24.2 Å². The molecule has 0 radical (unpaired) electrons. The van der Waals surface area contributed by atoms with Crippen molar-refractivity contribution in [3.63, 3.8) is 0 Å². The van der Waals surface area contributed by atoms with Crippen molar-refractivity contribution in [2.24, 2.45) is 0 Å². The fraction of sp³-hybridized carbons (Fsp3) is 0.625. The first-order chi connectivity index (χ1) is 6.16. The van der Waals surface area contributed by atoms with E-state index in [-0.39, 0.29) is 11.7 Å². The van der Waals surface area contributed by atoms with Gasteiger partial charge < -0.3 is 14.6 Å². The maximum Gasteiger partial charge on any atom is 0.341 e. The van der Waals surface area contributed by atoms with Crippen molar-refractivity contribution >= 4 is 11.9 Å².